The summed E-state index contributed by atoms with van der Waals surface area (Å²) in [4.78, 5) is 0. The van der Waals surface area contributed by atoms with Crippen LogP contribution in [0.1, 0.15) is 54.9 Å². The molecule has 0 fully saturated rings. The Bertz CT molecular complexity index is 193. The summed E-state index contributed by atoms with van der Waals surface area (Å²) >= 11 is 0. The van der Waals surface area contributed by atoms with E-state index in [1.54, 1.807) is 0 Å². The summed E-state index contributed by atoms with van der Waals surface area (Å²) in [5.74, 6) is 0.573. The molecule has 0 saturated heterocycles. The summed E-state index contributed by atoms with van der Waals surface area (Å²) in [5.41, 5.74) is 1.44. The molecule has 0 aliphatic carbocycles. The second kappa shape index (κ2) is 5.55. The summed E-state index contributed by atoms with van der Waals surface area (Å²) in [7, 11) is 0. The van der Waals surface area contributed by atoms with Crippen LogP contribution in [0, 0.1) is 5.92 Å². The molecule has 0 bridgehead atoms. The highest BCUT2D eigenvalue weighted by molar-refractivity contribution is 5.22. The van der Waals surface area contributed by atoms with Gasteiger partial charge in [-0.2, -0.15) is 0 Å². The van der Waals surface area contributed by atoms with Crippen LogP contribution in [0.4, 0.5) is 0 Å². The molecule has 14 heavy (non-hydrogen) atoms. The summed E-state index contributed by atoms with van der Waals surface area (Å²) in [5, 5.41) is 0. The molecule has 0 aromatic rings. The van der Waals surface area contributed by atoms with E-state index in [4.69, 9.17) is 4.74 Å². The van der Waals surface area contributed by atoms with Gasteiger partial charge in [0.1, 0.15) is 0 Å². The quantitative estimate of drug-likeness (QED) is 0.605. The van der Waals surface area contributed by atoms with Crippen molar-refractivity contribution >= 4 is 0 Å². The van der Waals surface area contributed by atoms with Gasteiger partial charge in [-0.05, 0) is 31.8 Å². The molecule has 0 N–H and O–H groups in total. The van der Waals surface area contributed by atoms with Crippen LogP contribution in [-0.2, 0) is 4.74 Å². The lowest BCUT2D eigenvalue weighted by Gasteiger charge is -2.34. The van der Waals surface area contributed by atoms with Gasteiger partial charge in [0.15, 0.2) is 0 Å². The number of hydrogen-bond acceptors (Lipinski definition) is 1. The second-order valence-corrected chi connectivity index (χ2v) is 4.07. The highest BCUT2D eigenvalue weighted by Gasteiger charge is 2.39. The van der Waals surface area contributed by atoms with Crippen LogP contribution in [0.2, 0.25) is 0 Å². The molecule has 1 heteroatoms. The molecule has 0 radical (unpaired) electrons. The van der Waals surface area contributed by atoms with Crippen molar-refractivity contribution in [3.8, 4) is 0 Å². The Hall–Kier alpha value is -0.300. The van der Waals surface area contributed by atoms with Gasteiger partial charge in [-0.15, -0.1) is 0 Å². The molecule has 0 amide bonds. The molecular formula is C13H26O. The molecule has 1 aliphatic heterocycles. The Labute approximate surface area is 89.5 Å². The molecule has 2 atom stereocenters. The Balaban J connectivity index is 0.000000791. The number of rotatable bonds is 2. The summed E-state index contributed by atoms with van der Waals surface area (Å²) in [6, 6.07) is 0. The van der Waals surface area contributed by atoms with Crippen molar-refractivity contribution in [2.45, 2.75) is 66.6 Å². The zero-order valence-electron chi connectivity index (χ0n) is 10.8. The van der Waals surface area contributed by atoms with Crippen molar-refractivity contribution in [3.05, 3.63) is 11.6 Å². The maximum absolute atomic E-state index is 5.98. The van der Waals surface area contributed by atoms with Crippen molar-refractivity contribution in [2.24, 2.45) is 5.92 Å². The highest BCUT2D eigenvalue weighted by Crippen LogP contribution is 2.39. The molecule has 2 unspecified atom stereocenters. The largest absolute Gasteiger partial charge is 0.363 e. The summed E-state index contributed by atoms with van der Waals surface area (Å²) in [6.07, 6.45) is 3.62. The molecule has 1 aliphatic rings. The standard InChI is InChI=1S/C11H20O.C2H6/c1-6-11(8(2)3)9(4)7-10(5)12-11;1-2/h7-8,10H,6H2,1-5H3;1-2H3. The average Bonchev–Trinajstić information content (AvgIpc) is 2.45. The van der Waals surface area contributed by atoms with Crippen molar-refractivity contribution < 1.29 is 4.74 Å². The van der Waals surface area contributed by atoms with E-state index in [1.165, 1.54) is 5.57 Å². The van der Waals surface area contributed by atoms with Crippen LogP contribution in [0.3, 0.4) is 0 Å². The van der Waals surface area contributed by atoms with Gasteiger partial charge in [-0.25, -0.2) is 0 Å². The molecule has 1 heterocycles. The van der Waals surface area contributed by atoms with E-state index < -0.39 is 0 Å². The SMILES string of the molecule is CC.CCC1(C(C)C)OC(C)C=C1C. The molecule has 0 aromatic heterocycles. The second-order valence-electron chi connectivity index (χ2n) is 4.07. The van der Waals surface area contributed by atoms with Gasteiger partial charge in [0.05, 0.1) is 11.7 Å². The third-order valence-electron chi connectivity index (χ3n) is 3.01. The lowest BCUT2D eigenvalue weighted by Crippen LogP contribution is -2.36. The summed E-state index contributed by atoms with van der Waals surface area (Å²) in [6.45, 7) is 15.0. The van der Waals surface area contributed by atoms with E-state index in [2.05, 4.69) is 40.7 Å². The smallest absolute Gasteiger partial charge is 0.0917 e. The van der Waals surface area contributed by atoms with Gasteiger partial charge < -0.3 is 4.74 Å². The van der Waals surface area contributed by atoms with Gasteiger partial charge in [0, 0.05) is 0 Å². The Kier molecular flexibility index (Phi) is 5.43. The van der Waals surface area contributed by atoms with E-state index in [9.17, 15) is 0 Å². The van der Waals surface area contributed by atoms with Crippen LogP contribution >= 0.6 is 0 Å². The zero-order chi connectivity index (χ0) is 11.4. The molecule has 0 aromatic carbocycles. The van der Waals surface area contributed by atoms with Crippen LogP contribution in [-0.4, -0.2) is 11.7 Å². The topological polar surface area (TPSA) is 9.23 Å². The van der Waals surface area contributed by atoms with E-state index in [0.717, 1.165) is 6.42 Å². The van der Waals surface area contributed by atoms with Crippen molar-refractivity contribution in [2.75, 3.05) is 0 Å². The minimum atomic E-state index is 0.0272. The fourth-order valence-electron chi connectivity index (χ4n) is 2.31. The Morgan fingerprint density at radius 3 is 2.07 bits per heavy atom. The minimum Gasteiger partial charge on any atom is -0.363 e. The Morgan fingerprint density at radius 2 is 1.93 bits per heavy atom. The first-order valence-electron chi connectivity index (χ1n) is 5.89. The zero-order valence-corrected chi connectivity index (χ0v) is 10.8. The predicted molar refractivity (Wildman–Crippen MR) is 63.5 cm³/mol. The lowest BCUT2D eigenvalue weighted by molar-refractivity contribution is -0.0553. The minimum absolute atomic E-state index is 0.0272. The fraction of sp³-hybridized carbons (Fsp3) is 0.846. The average molecular weight is 198 g/mol. The number of hydrogen-bond donors (Lipinski definition) is 0. The van der Waals surface area contributed by atoms with E-state index in [-0.39, 0.29) is 5.60 Å². The molecule has 84 valence electrons. The van der Waals surface area contributed by atoms with Crippen molar-refractivity contribution in [1.29, 1.82) is 0 Å². The third-order valence-corrected chi connectivity index (χ3v) is 3.01. The first kappa shape index (κ1) is 13.7. The van der Waals surface area contributed by atoms with Gasteiger partial charge in [0.25, 0.3) is 0 Å². The van der Waals surface area contributed by atoms with Gasteiger partial charge in [0.2, 0.25) is 0 Å². The Morgan fingerprint density at radius 1 is 1.43 bits per heavy atom. The molecule has 0 spiro atoms. The van der Waals surface area contributed by atoms with Gasteiger partial charge in [-0.3, -0.25) is 0 Å². The highest BCUT2D eigenvalue weighted by atomic mass is 16.5. The van der Waals surface area contributed by atoms with Crippen LogP contribution in [0.25, 0.3) is 0 Å². The summed E-state index contributed by atoms with van der Waals surface area (Å²) < 4.78 is 5.98. The van der Waals surface area contributed by atoms with Crippen LogP contribution in [0.15, 0.2) is 11.6 Å². The van der Waals surface area contributed by atoms with Crippen molar-refractivity contribution in [1.82, 2.24) is 0 Å². The molecule has 1 nitrogen and oxygen atoms in total. The lowest BCUT2D eigenvalue weighted by atomic mass is 9.82. The maximum atomic E-state index is 5.98. The van der Waals surface area contributed by atoms with E-state index in [0.29, 0.717) is 12.0 Å². The van der Waals surface area contributed by atoms with Crippen LogP contribution in [0.5, 0.6) is 0 Å². The number of ether oxygens (including phenoxy) is 1. The van der Waals surface area contributed by atoms with Crippen molar-refractivity contribution in [3.63, 3.8) is 0 Å². The van der Waals surface area contributed by atoms with Gasteiger partial charge in [-0.1, -0.05) is 40.7 Å². The first-order valence-corrected chi connectivity index (χ1v) is 5.89. The third kappa shape index (κ3) is 2.38. The monoisotopic (exact) mass is 198 g/mol. The first-order chi connectivity index (χ1) is 6.53. The molecule has 1 rings (SSSR count). The molecule has 0 saturated carbocycles. The molecular weight excluding hydrogens is 172 g/mol. The van der Waals surface area contributed by atoms with E-state index >= 15 is 0 Å². The van der Waals surface area contributed by atoms with Gasteiger partial charge >= 0.3 is 0 Å². The van der Waals surface area contributed by atoms with Crippen LogP contribution < -0.4 is 0 Å². The maximum Gasteiger partial charge on any atom is 0.0917 e. The van der Waals surface area contributed by atoms with E-state index in [1.807, 2.05) is 13.8 Å². The normalized spacial score (nSPS) is 31.1. The predicted octanol–water partition coefficient (Wildman–Crippen LogP) is 4.18. The fourth-order valence-corrected chi connectivity index (χ4v) is 2.31.